The number of phosphoric ester groups is 1. The summed E-state index contributed by atoms with van der Waals surface area (Å²) in [5.74, 6) is -0.806. The van der Waals surface area contributed by atoms with Gasteiger partial charge in [0.2, 0.25) is 0 Å². The van der Waals surface area contributed by atoms with Gasteiger partial charge in [0.1, 0.15) is 19.8 Å². The van der Waals surface area contributed by atoms with Crippen LogP contribution in [-0.4, -0.2) is 74.9 Å². The van der Waals surface area contributed by atoms with Crippen LogP contribution in [0.4, 0.5) is 0 Å². The number of hydrogen-bond donors (Lipinski definition) is 1. The predicted molar refractivity (Wildman–Crippen MR) is 307 cm³/mol. The van der Waals surface area contributed by atoms with Crippen LogP contribution in [0.2, 0.25) is 0 Å². The van der Waals surface area contributed by atoms with Crippen LogP contribution in [0.15, 0.2) is 85.1 Å². The molecule has 0 amide bonds. The number of unbranched alkanes of at least 4 members (excludes halogenated alkanes) is 25. The van der Waals surface area contributed by atoms with Gasteiger partial charge in [-0.25, -0.2) is 4.57 Å². The van der Waals surface area contributed by atoms with Crippen molar-refractivity contribution in [2.75, 3.05) is 47.5 Å². The van der Waals surface area contributed by atoms with Crippen LogP contribution in [0.25, 0.3) is 0 Å². The molecule has 1 N–H and O–H groups in total. The molecule has 0 heterocycles. The average molecular weight is 1030 g/mol. The molecule has 9 nitrogen and oxygen atoms in total. The van der Waals surface area contributed by atoms with E-state index in [0.717, 1.165) is 89.9 Å². The second kappa shape index (κ2) is 53.0. The first-order chi connectivity index (χ1) is 35.0. The Morgan fingerprint density at radius 3 is 1.18 bits per heavy atom. The highest BCUT2D eigenvalue weighted by Crippen LogP contribution is 2.43. The molecule has 0 radical (unpaired) electrons. The minimum absolute atomic E-state index is 0.0267. The molecule has 0 aliphatic heterocycles. The van der Waals surface area contributed by atoms with Crippen molar-refractivity contribution in [1.29, 1.82) is 0 Å². The smallest absolute Gasteiger partial charge is 0.462 e. The van der Waals surface area contributed by atoms with Gasteiger partial charge in [0.05, 0.1) is 27.7 Å². The summed E-state index contributed by atoms with van der Waals surface area (Å²) in [7, 11) is 1.47. The summed E-state index contributed by atoms with van der Waals surface area (Å²) in [6.45, 7) is 4.32. The van der Waals surface area contributed by atoms with Crippen molar-refractivity contribution >= 4 is 19.8 Å². The van der Waals surface area contributed by atoms with Crippen LogP contribution in [0.3, 0.4) is 0 Å². The Hall–Kier alpha value is -2.81. The molecule has 0 aromatic carbocycles. The lowest BCUT2D eigenvalue weighted by Gasteiger charge is -2.24. The van der Waals surface area contributed by atoms with Gasteiger partial charge in [0.25, 0.3) is 0 Å². The fourth-order valence-corrected chi connectivity index (χ4v) is 8.68. The molecular formula is C62H111NO8P+. The highest BCUT2D eigenvalue weighted by atomic mass is 31.2. The number of nitrogens with zero attached hydrogens (tertiary/aromatic N) is 1. The largest absolute Gasteiger partial charge is 0.472 e. The molecule has 0 fully saturated rings. The summed E-state index contributed by atoms with van der Waals surface area (Å²) < 4.78 is 34.6. The Balaban J connectivity index is 4.21. The third kappa shape index (κ3) is 56.5. The number of quaternary nitrogens is 1. The Bertz CT molecular complexity index is 1490. The minimum atomic E-state index is -4.39. The molecule has 0 bridgehead atoms. The van der Waals surface area contributed by atoms with Crippen molar-refractivity contribution in [2.24, 2.45) is 0 Å². The first-order valence-electron chi connectivity index (χ1n) is 29.3. The van der Waals surface area contributed by atoms with Crippen molar-refractivity contribution in [1.82, 2.24) is 0 Å². The number of likely N-dealkylation sites (N-methyl/N-ethyl adjacent to an activating group) is 1. The van der Waals surface area contributed by atoms with E-state index in [1.54, 1.807) is 0 Å². The van der Waals surface area contributed by atoms with E-state index in [1.165, 1.54) is 122 Å². The lowest BCUT2D eigenvalue weighted by Crippen LogP contribution is -2.37. The molecule has 0 aliphatic rings. The minimum Gasteiger partial charge on any atom is -0.462 e. The van der Waals surface area contributed by atoms with E-state index in [-0.39, 0.29) is 32.0 Å². The molecule has 0 saturated heterocycles. The molecule has 0 spiro atoms. The normalized spacial score (nSPS) is 13.9. The van der Waals surface area contributed by atoms with Gasteiger partial charge in [-0.05, 0) is 70.6 Å². The number of esters is 2. The van der Waals surface area contributed by atoms with E-state index in [9.17, 15) is 19.0 Å². The maximum Gasteiger partial charge on any atom is 0.472 e. The average Bonchev–Trinajstić information content (AvgIpc) is 3.34. The zero-order valence-corrected chi connectivity index (χ0v) is 48.0. The monoisotopic (exact) mass is 1030 g/mol. The molecule has 0 aromatic rings. The zero-order valence-electron chi connectivity index (χ0n) is 47.1. The Morgan fingerprint density at radius 2 is 0.792 bits per heavy atom. The first kappa shape index (κ1) is 69.2. The van der Waals surface area contributed by atoms with E-state index in [4.69, 9.17) is 18.5 Å². The summed E-state index contributed by atoms with van der Waals surface area (Å²) in [6, 6.07) is 0. The van der Waals surface area contributed by atoms with Crippen LogP contribution < -0.4 is 0 Å². The van der Waals surface area contributed by atoms with E-state index >= 15 is 0 Å². The standard InChI is InChI=1S/C62H110NO8P/c1-6-8-10-12-14-16-18-20-22-24-26-27-28-29-30-31-32-33-34-35-37-39-41-43-45-47-49-51-53-55-62(65)71-60(59-70-72(66,67)69-57-56-63(3,4)5)58-68-61(64)54-52-50-48-46-44-42-40-38-36-25-23-21-19-17-15-13-11-9-7-2/h8,10,14,16,20,22,26-27,29-30,32-33,35,37,60H,6-7,9,11-13,15,17-19,21,23-25,28,31,34,36,38-59H2,1-5H3/p+1/b10-8-,16-14-,22-20-,27-26-,30-29-,33-32-,37-35-. The van der Waals surface area contributed by atoms with Gasteiger partial charge in [-0.1, -0.05) is 247 Å². The van der Waals surface area contributed by atoms with Gasteiger partial charge in [-0.2, -0.15) is 0 Å². The lowest BCUT2D eigenvalue weighted by atomic mass is 10.0. The fraction of sp³-hybridized carbons (Fsp3) is 0.742. The number of phosphoric acid groups is 1. The maximum atomic E-state index is 12.8. The van der Waals surface area contributed by atoms with E-state index in [1.807, 2.05) is 21.1 Å². The fourth-order valence-electron chi connectivity index (χ4n) is 7.94. The quantitative estimate of drug-likeness (QED) is 0.0211. The molecule has 72 heavy (non-hydrogen) atoms. The molecule has 0 aromatic heterocycles. The summed E-state index contributed by atoms with van der Waals surface area (Å²) in [5, 5.41) is 0. The van der Waals surface area contributed by atoms with Crippen molar-refractivity contribution in [3.8, 4) is 0 Å². The Labute approximate surface area is 443 Å². The van der Waals surface area contributed by atoms with Crippen LogP contribution >= 0.6 is 7.82 Å². The molecule has 0 aliphatic carbocycles. The topological polar surface area (TPSA) is 108 Å². The Morgan fingerprint density at radius 1 is 0.444 bits per heavy atom. The van der Waals surface area contributed by atoms with Crippen LogP contribution in [0.5, 0.6) is 0 Å². The summed E-state index contributed by atoms with van der Waals surface area (Å²) >= 11 is 0. The van der Waals surface area contributed by atoms with Gasteiger partial charge in [-0.3, -0.25) is 18.6 Å². The molecule has 10 heteroatoms. The first-order valence-corrected chi connectivity index (χ1v) is 30.8. The van der Waals surface area contributed by atoms with Crippen LogP contribution in [0, 0.1) is 0 Å². The van der Waals surface area contributed by atoms with Crippen LogP contribution in [-0.2, 0) is 32.7 Å². The van der Waals surface area contributed by atoms with Gasteiger partial charge < -0.3 is 18.9 Å². The van der Waals surface area contributed by atoms with Crippen molar-refractivity contribution in [3.05, 3.63) is 85.1 Å². The SMILES string of the molecule is CC/C=C\C/C=C\C/C=C\C/C=C\C/C=C\C/C=C\C/C=C\CCCCCCCCCC(=O)OC(COC(=O)CCCCCCCCCCCCCCCCCCCCC)COP(=O)(O)OCC[N+](C)(C)C. The van der Waals surface area contributed by atoms with Crippen molar-refractivity contribution in [2.45, 2.75) is 251 Å². The van der Waals surface area contributed by atoms with E-state index < -0.39 is 26.5 Å². The van der Waals surface area contributed by atoms with Gasteiger partial charge in [0.15, 0.2) is 6.10 Å². The third-order valence-electron chi connectivity index (χ3n) is 12.4. The highest BCUT2D eigenvalue weighted by molar-refractivity contribution is 7.47. The molecule has 2 unspecified atom stereocenters. The number of rotatable bonds is 53. The van der Waals surface area contributed by atoms with E-state index in [0.29, 0.717) is 17.4 Å². The number of allylic oxidation sites excluding steroid dienone is 14. The van der Waals surface area contributed by atoms with Gasteiger partial charge in [-0.15, -0.1) is 0 Å². The van der Waals surface area contributed by atoms with Gasteiger partial charge >= 0.3 is 19.8 Å². The molecule has 0 rings (SSSR count). The maximum absolute atomic E-state index is 12.8. The summed E-state index contributed by atoms with van der Waals surface area (Å²) in [5.41, 5.74) is 0. The predicted octanol–water partition coefficient (Wildman–Crippen LogP) is 18.3. The number of carbonyl (C=O) groups excluding carboxylic acids is 2. The number of hydrogen-bond acceptors (Lipinski definition) is 7. The second-order valence-electron chi connectivity index (χ2n) is 20.7. The number of ether oxygens (including phenoxy) is 2. The molecule has 2 atom stereocenters. The number of carbonyl (C=O) groups is 2. The molecule has 0 saturated carbocycles. The third-order valence-corrected chi connectivity index (χ3v) is 13.4. The highest BCUT2D eigenvalue weighted by Gasteiger charge is 2.27. The van der Waals surface area contributed by atoms with Crippen molar-refractivity contribution < 1.29 is 42.1 Å². The zero-order chi connectivity index (χ0) is 52.7. The lowest BCUT2D eigenvalue weighted by molar-refractivity contribution is -0.870. The summed E-state index contributed by atoms with van der Waals surface area (Å²) in [6.07, 6.45) is 70.7. The summed E-state index contributed by atoms with van der Waals surface area (Å²) in [4.78, 5) is 35.7. The molecular weight excluding hydrogens is 918 g/mol. The van der Waals surface area contributed by atoms with Gasteiger partial charge in [0, 0.05) is 12.8 Å². The second-order valence-corrected chi connectivity index (χ2v) is 22.1. The Kier molecular flexibility index (Phi) is 51.0. The van der Waals surface area contributed by atoms with Crippen LogP contribution in [0.1, 0.15) is 245 Å². The molecule has 416 valence electrons. The van der Waals surface area contributed by atoms with Crippen molar-refractivity contribution in [3.63, 3.8) is 0 Å². The van der Waals surface area contributed by atoms with E-state index in [2.05, 4.69) is 98.9 Å².